The number of nitrogens with two attached hydrogens (primary N) is 1. The highest BCUT2D eigenvalue weighted by Gasteiger charge is 2.14. The molecule has 0 aliphatic heterocycles. The van der Waals surface area contributed by atoms with Crippen LogP contribution in [0.25, 0.3) is 0 Å². The van der Waals surface area contributed by atoms with E-state index in [9.17, 15) is 4.79 Å². The lowest BCUT2D eigenvalue weighted by Gasteiger charge is -2.22. The Hall–Kier alpha value is -1.08. The highest BCUT2D eigenvalue weighted by Crippen LogP contribution is 2.05. The van der Waals surface area contributed by atoms with Crippen LogP contribution >= 0.6 is 0 Å². The van der Waals surface area contributed by atoms with E-state index in [0.717, 1.165) is 12.8 Å². The zero-order valence-electron chi connectivity index (χ0n) is 10.6. The number of rotatable bonds is 7. The largest absolute Gasteiger partial charge is 0.342 e. The molecule has 0 spiro atoms. The van der Waals surface area contributed by atoms with Gasteiger partial charge < -0.3 is 10.6 Å². The van der Waals surface area contributed by atoms with Gasteiger partial charge in [-0.3, -0.25) is 4.79 Å². The van der Waals surface area contributed by atoms with Crippen molar-refractivity contribution >= 4 is 5.91 Å². The Labute approximate surface area is 98.4 Å². The van der Waals surface area contributed by atoms with E-state index in [1.807, 2.05) is 20.8 Å². The van der Waals surface area contributed by atoms with Crippen LogP contribution in [-0.2, 0) is 4.79 Å². The molecule has 0 aliphatic carbocycles. The third-order valence-corrected chi connectivity index (χ3v) is 2.50. The molecule has 0 aliphatic rings. The summed E-state index contributed by atoms with van der Waals surface area (Å²) in [5, 5.41) is 8.71. The van der Waals surface area contributed by atoms with Crippen LogP contribution in [0, 0.1) is 17.2 Å². The van der Waals surface area contributed by atoms with E-state index < -0.39 is 0 Å². The van der Waals surface area contributed by atoms with Crippen LogP contribution in [0.4, 0.5) is 0 Å². The van der Waals surface area contributed by atoms with E-state index in [4.69, 9.17) is 11.0 Å². The van der Waals surface area contributed by atoms with Crippen molar-refractivity contribution in [1.82, 2.24) is 4.90 Å². The molecule has 92 valence electrons. The molecule has 2 N–H and O–H groups in total. The maximum atomic E-state index is 11.8. The molecule has 2 atom stereocenters. The molecule has 0 aromatic carbocycles. The fraction of sp³-hybridized carbons (Fsp3) is 0.833. The number of nitrogens with zero attached hydrogens (tertiary/aromatic N) is 2. The molecule has 0 radical (unpaired) electrons. The first-order chi connectivity index (χ1) is 7.51. The van der Waals surface area contributed by atoms with E-state index in [1.54, 1.807) is 4.90 Å². The summed E-state index contributed by atoms with van der Waals surface area (Å²) in [6, 6.07) is 2.30. The summed E-state index contributed by atoms with van der Waals surface area (Å²) >= 11 is 0. The maximum Gasteiger partial charge on any atom is 0.222 e. The monoisotopic (exact) mass is 225 g/mol. The molecular formula is C12H23N3O. The zero-order chi connectivity index (χ0) is 12.6. The third kappa shape index (κ3) is 6.41. The average Bonchev–Trinajstić information content (AvgIpc) is 2.24. The van der Waals surface area contributed by atoms with Crippen LogP contribution in [0.15, 0.2) is 0 Å². The Morgan fingerprint density at radius 2 is 2.12 bits per heavy atom. The fourth-order valence-corrected chi connectivity index (χ4v) is 1.51. The summed E-state index contributed by atoms with van der Waals surface area (Å²) < 4.78 is 0. The Morgan fingerprint density at radius 1 is 1.50 bits per heavy atom. The number of carbonyl (C=O) groups is 1. The summed E-state index contributed by atoms with van der Waals surface area (Å²) in [5.74, 6) is 0.0302. The van der Waals surface area contributed by atoms with Crippen LogP contribution in [0.5, 0.6) is 0 Å². The van der Waals surface area contributed by atoms with Gasteiger partial charge in [-0.2, -0.15) is 5.26 Å². The first-order valence-electron chi connectivity index (χ1n) is 5.94. The molecule has 16 heavy (non-hydrogen) atoms. The Bertz CT molecular complexity index is 245. The molecule has 0 fully saturated rings. The topological polar surface area (TPSA) is 70.1 Å². The summed E-state index contributed by atoms with van der Waals surface area (Å²) in [4.78, 5) is 13.5. The maximum absolute atomic E-state index is 11.8. The highest BCUT2D eigenvalue weighted by atomic mass is 16.2. The van der Waals surface area contributed by atoms with Crippen molar-refractivity contribution < 1.29 is 4.79 Å². The molecule has 0 heterocycles. The van der Waals surface area contributed by atoms with Crippen molar-refractivity contribution in [2.24, 2.45) is 11.7 Å². The van der Waals surface area contributed by atoms with Gasteiger partial charge in [0.25, 0.3) is 0 Å². The number of nitriles is 1. The van der Waals surface area contributed by atoms with Gasteiger partial charge in [0, 0.05) is 25.6 Å². The van der Waals surface area contributed by atoms with E-state index in [1.165, 1.54) is 0 Å². The first-order valence-corrected chi connectivity index (χ1v) is 5.94. The quantitative estimate of drug-likeness (QED) is 0.714. The van der Waals surface area contributed by atoms with Gasteiger partial charge in [-0.1, -0.05) is 0 Å². The first kappa shape index (κ1) is 14.9. The molecule has 4 nitrogen and oxygen atoms in total. The smallest absolute Gasteiger partial charge is 0.222 e. The van der Waals surface area contributed by atoms with Gasteiger partial charge in [0.1, 0.15) is 0 Å². The van der Waals surface area contributed by atoms with Crippen molar-refractivity contribution in [3.8, 4) is 6.07 Å². The molecule has 0 bridgehead atoms. The van der Waals surface area contributed by atoms with E-state index in [0.29, 0.717) is 19.5 Å². The summed E-state index contributed by atoms with van der Waals surface area (Å²) in [7, 11) is 0. The van der Waals surface area contributed by atoms with Crippen LogP contribution < -0.4 is 5.73 Å². The van der Waals surface area contributed by atoms with Gasteiger partial charge in [0.2, 0.25) is 5.91 Å². The van der Waals surface area contributed by atoms with Gasteiger partial charge in [-0.05, 0) is 33.6 Å². The van der Waals surface area contributed by atoms with Crippen LogP contribution in [0.1, 0.15) is 40.0 Å². The zero-order valence-corrected chi connectivity index (χ0v) is 10.6. The molecule has 2 unspecified atom stereocenters. The number of carbonyl (C=O) groups excluding carboxylic acids is 1. The lowest BCUT2D eigenvalue weighted by Crippen LogP contribution is -2.34. The van der Waals surface area contributed by atoms with Gasteiger partial charge in [-0.25, -0.2) is 0 Å². The SMILES string of the molecule is CCN(CC(C)C#N)C(=O)CCCC(C)N. The van der Waals surface area contributed by atoms with Gasteiger partial charge in [0.05, 0.1) is 12.0 Å². The minimum Gasteiger partial charge on any atom is -0.342 e. The second-order valence-corrected chi connectivity index (χ2v) is 4.33. The van der Waals surface area contributed by atoms with Crippen LogP contribution in [-0.4, -0.2) is 29.9 Å². The molecule has 1 amide bonds. The molecule has 0 rings (SSSR count). The number of hydrogen-bond acceptors (Lipinski definition) is 3. The summed E-state index contributed by atoms with van der Waals surface area (Å²) in [6.45, 7) is 6.91. The standard InChI is InChI=1S/C12H23N3O/c1-4-15(9-10(2)8-13)12(16)7-5-6-11(3)14/h10-11H,4-7,9,14H2,1-3H3. The van der Waals surface area contributed by atoms with Crippen molar-refractivity contribution in [3.05, 3.63) is 0 Å². The highest BCUT2D eigenvalue weighted by molar-refractivity contribution is 5.76. The minimum absolute atomic E-state index is 0.0997. The summed E-state index contributed by atoms with van der Waals surface area (Å²) in [5.41, 5.74) is 5.62. The fourth-order valence-electron chi connectivity index (χ4n) is 1.51. The minimum atomic E-state index is -0.0997. The Kier molecular flexibility index (Phi) is 7.57. The number of hydrogen-bond donors (Lipinski definition) is 1. The number of amides is 1. The van der Waals surface area contributed by atoms with E-state index >= 15 is 0 Å². The van der Waals surface area contributed by atoms with Crippen molar-refractivity contribution in [1.29, 1.82) is 5.26 Å². The Morgan fingerprint density at radius 3 is 2.56 bits per heavy atom. The van der Waals surface area contributed by atoms with E-state index in [-0.39, 0.29) is 17.9 Å². The second-order valence-electron chi connectivity index (χ2n) is 4.33. The summed E-state index contributed by atoms with van der Waals surface area (Å²) in [6.07, 6.45) is 2.23. The molecule has 0 saturated heterocycles. The van der Waals surface area contributed by atoms with Crippen LogP contribution in [0.3, 0.4) is 0 Å². The second kappa shape index (κ2) is 8.12. The lowest BCUT2D eigenvalue weighted by molar-refractivity contribution is -0.131. The van der Waals surface area contributed by atoms with Gasteiger partial charge >= 0.3 is 0 Å². The third-order valence-electron chi connectivity index (χ3n) is 2.50. The average molecular weight is 225 g/mol. The van der Waals surface area contributed by atoms with Crippen molar-refractivity contribution in [3.63, 3.8) is 0 Å². The molecule has 0 aromatic rings. The molecule has 0 aromatic heterocycles. The predicted molar refractivity (Wildman–Crippen MR) is 64.5 cm³/mol. The lowest BCUT2D eigenvalue weighted by atomic mass is 10.1. The molecule has 4 heteroatoms. The van der Waals surface area contributed by atoms with E-state index in [2.05, 4.69) is 6.07 Å². The van der Waals surface area contributed by atoms with Crippen molar-refractivity contribution in [2.45, 2.75) is 46.1 Å². The molecular weight excluding hydrogens is 202 g/mol. The predicted octanol–water partition coefficient (Wildman–Crippen LogP) is 1.51. The van der Waals surface area contributed by atoms with Gasteiger partial charge in [-0.15, -0.1) is 0 Å². The normalized spacial score (nSPS) is 13.9. The Balaban J connectivity index is 3.97. The van der Waals surface area contributed by atoms with Gasteiger partial charge in [0.15, 0.2) is 0 Å². The van der Waals surface area contributed by atoms with Crippen molar-refractivity contribution in [2.75, 3.05) is 13.1 Å². The molecule has 0 saturated carbocycles. The van der Waals surface area contributed by atoms with Crippen LogP contribution in [0.2, 0.25) is 0 Å².